The largest absolute Gasteiger partial charge is 0.492 e. The predicted octanol–water partition coefficient (Wildman–Crippen LogP) is 3.84. The molecule has 22 heavy (non-hydrogen) atoms. The van der Waals surface area contributed by atoms with Gasteiger partial charge in [-0.05, 0) is 49.8 Å². The van der Waals surface area contributed by atoms with Crippen LogP contribution in [0.4, 0.5) is 0 Å². The van der Waals surface area contributed by atoms with E-state index in [0.29, 0.717) is 18.3 Å². The summed E-state index contributed by atoms with van der Waals surface area (Å²) in [6.45, 7) is 4.67. The molecule has 1 N–H and O–H groups in total. The first-order valence-corrected chi connectivity index (χ1v) is 7.49. The number of hydrogen-bond donors (Lipinski definition) is 1. The Bertz CT molecular complexity index is 701. The van der Waals surface area contributed by atoms with E-state index in [1.165, 1.54) is 25.3 Å². The third kappa shape index (κ3) is 2.84. The van der Waals surface area contributed by atoms with Crippen molar-refractivity contribution in [1.82, 2.24) is 5.16 Å². The summed E-state index contributed by atoms with van der Waals surface area (Å²) in [5.74, 6) is 0.701. The van der Waals surface area contributed by atoms with Gasteiger partial charge in [-0.3, -0.25) is 0 Å². The first-order valence-electron chi connectivity index (χ1n) is 7.49. The summed E-state index contributed by atoms with van der Waals surface area (Å²) in [5.41, 5.74) is 2.75. The van der Waals surface area contributed by atoms with Crippen LogP contribution in [-0.4, -0.2) is 22.8 Å². The van der Waals surface area contributed by atoms with Gasteiger partial charge in [0, 0.05) is 6.07 Å². The molecule has 5 nitrogen and oxygen atoms in total. The summed E-state index contributed by atoms with van der Waals surface area (Å²) in [6.07, 6.45) is 3.70. The number of aromatic carboxylic acids is 1. The third-order valence-corrected chi connectivity index (χ3v) is 4.10. The van der Waals surface area contributed by atoms with Crippen LogP contribution in [0, 0.1) is 19.8 Å². The Morgan fingerprint density at radius 1 is 1.36 bits per heavy atom. The predicted molar refractivity (Wildman–Crippen MR) is 81.2 cm³/mol. The van der Waals surface area contributed by atoms with Crippen LogP contribution in [0.1, 0.15) is 40.9 Å². The molecule has 0 saturated heterocycles. The first-order chi connectivity index (χ1) is 10.5. The summed E-state index contributed by atoms with van der Waals surface area (Å²) in [7, 11) is 0. The van der Waals surface area contributed by atoms with E-state index in [9.17, 15) is 4.79 Å². The molecule has 0 spiro atoms. The van der Waals surface area contributed by atoms with E-state index in [2.05, 4.69) is 5.16 Å². The highest BCUT2D eigenvalue weighted by molar-refractivity contribution is 5.87. The van der Waals surface area contributed by atoms with Gasteiger partial charge in [-0.25, -0.2) is 4.79 Å². The normalized spacial score (nSPS) is 14.6. The van der Waals surface area contributed by atoms with Crippen molar-refractivity contribution in [3.63, 3.8) is 0 Å². The molecule has 1 aromatic carbocycles. The van der Waals surface area contributed by atoms with Gasteiger partial charge >= 0.3 is 5.97 Å². The average molecular weight is 301 g/mol. The molecule has 0 unspecified atom stereocenters. The topological polar surface area (TPSA) is 72.6 Å². The zero-order valence-corrected chi connectivity index (χ0v) is 12.8. The molecular formula is C17H19NO4. The maximum atomic E-state index is 11.0. The van der Waals surface area contributed by atoms with E-state index in [-0.39, 0.29) is 5.69 Å². The minimum Gasteiger partial charge on any atom is -0.492 e. The van der Waals surface area contributed by atoms with Crippen molar-refractivity contribution in [3.8, 4) is 17.1 Å². The van der Waals surface area contributed by atoms with E-state index < -0.39 is 5.97 Å². The van der Waals surface area contributed by atoms with Crippen LogP contribution in [0.3, 0.4) is 0 Å². The molecule has 0 amide bonds. The average Bonchev–Trinajstić information content (AvgIpc) is 2.88. The van der Waals surface area contributed by atoms with Gasteiger partial charge in [0.15, 0.2) is 11.5 Å². The summed E-state index contributed by atoms with van der Waals surface area (Å²) >= 11 is 0. The summed E-state index contributed by atoms with van der Waals surface area (Å²) in [5, 5.41) is 12.6. The Hall–Kier alpha value is -2.30. The van der Waals surface area contributed by atoms with E-state index in [1.807, 2.05) is 26.0 Å². The first kappa shape index (κ1) is 14.6. The summed E-state index contributed by atoms with van der Waals surface area (Å²) in [4.78, 5) is 11.0. The zero-order chi connectivity index (χ0) is 15.7. The lowest BCUT2D eigenvalue weighted by Crippen LogP contribution is -2.19. The third-order valence-electron chi connectivity index (χ3n) is 4.10. The molecule has 1 saturated carbocycles. The Kier molecular flexibility index (Phi) is 3.88. The molecule has 0 bridgehead atoms. The molecule has 1 aliphatic carbocycles. The summed E-state index contributed by atoms with van der Waals surface area (Å²) < 4.78 is 11.2. The zero-order valence-electron chi connectivity index (χ0n) is 12.8. The fraction of sp³-hybridized carbons (Fsp3) is 0.412. The maximum Gasteiger partial charge on any atom is 0.358 e. The second-order valence-electron chi connectivity index (χ2n) is 5.95. The number of carboxylic acid groups (broad SMARTS) is 1. The minimum absolute atomic E-state index is 0.0981. The second kappa shape index (κ2) is 5.83. The Morgan fingerprint density at radius 2 is 2.14 bits per heavy atom. The van der Waals surface area contributed by atoms with Crippen molar-refractivity contribution >= 4 is 5.97 Å². The lowest BCUT2D eigenvalue weighted by Gasteiger charge is -2.26. The van der Waals surface area contributed by atoms with E-state index in [1.54, 1.807) is 0 Å². The van der Waals surface area contributed by atoms with Gasteiger partial charge in [0.05, 0.1) is 12.2 Å². The molecule has 0 radical (unpaired) electrons. The Labute approximate surface area is 128 Å². The molecule has 0 atom stereocenters. The number of ether oxygens (including phenoxy) is 1. The van der Waals surface area contributed by atoms with Gasteiger partial charge in [-0.15, -0.1) is 0 Å². The van der Waals surface area contributed by atoms with E-state index in [0.717, 1.165) is 22.4 Å². The van der Waals surface area contributed by atoms with Gasteiger partial charge in [-0.2, -0.15) is 0 Å². The van der Waals surface area contributed by atoms with Gasteiger partial charge in [0.25, 0.3) is 0 Å². The number of nitrogens with zero attached hydrogens (tertiary/aromatic N) is 1. The maximum absolute atomic E-state index is 11.0. The highest BCUT2D eigenvalue weighted by Crippen LogP contribution is 2.36. The van der Waals surface area contributed by atoms with Gasteiger partial charge < -0.3 is 14.4 Å². The van der Waals surface area contributed by atoms with Gasteiger partial charge in [-0.1, -0.05) is 17.6 Å². The summed E-state index contributed by atoms with van der Waals surface area (Å²) in [6, 6.07) is 5.43. The van der Waals surface area contributed by atoms with Crippen molar-refractivity contribution in [1.29, 1.82) is 0 Å². The number of hydrogen-bond acceptors (Lipinski definition) is 4. The van der Waals surface area contributed by atoms with Crippen LogP contribution in [0.15, 0.2) is 22.7 Å². The van der Waals surface area contributed by atoms with E-state index >= 15 is 0 Å². The lowest BCUT2D eigenvalue weighted by molar-refractivity contribution is 0.0686. The minimum atomic E-state index is -1.10. The number of aryl methyl sites for hydroxylation is 2. The van der Waals surface area contributed by atoms with Gasteiger partial charge in [0.2, 0.25) is 0 Å². The lowest BCUT2D eigenvalue weighted by atomic mass is 9.86. The number of rotatable bonds is 5. The van der Waals surface area contributed by atoms with Crippen LogP contribution in [-0.2, 0) is 0 Å². The molecular weight excluding hydrogens is 282 g/mol. The molecule has 2 aromatic rings. The van der Waals surface area contributed by atoms with Crippen molar-refractivity contribution in [2.24, 2.45) is 5.92 Å². The van der Waals surface area contributed by atoms with Crippen molar-refractivity contribution < 1.29 is 19.2 Å². The molecule has 0 aliphatic heterocycles. The number of aromatic nitrogens is 1. The molecule has 5 heteroatoms. The standard InChI is InChI=1S/C17H19NO4/c1-10-6-11(2)16(21-9-12-4-3-5-12)13(7-10)15-8-14(17(19)20)18-22-15/h6-8,12H,3-5,9H2,1-2H3,(H,19,20). The SMILES string of the molecule is Cc1cc(C)c(OCC2CCC2)c(-c2cc(C(=O)O)no2)c1. The van der Waals surface area contributed by atoms with Crippen LogP contribution >= 0.6 is 0 Å². The van der Waals surface area contributed by atoms with Crippen LogP contribution in [0.5, 0.6) is 5.75 Å². The fourth-order valence-corrected chi connectivity index (χ4v) is 2.69. The Balaban J connectivity index is 1.94. The molecule has 1 aliphatic rings. The highest BCUT2D eigenvalue weighted by atomic mass is 16.5. The smallest absolute Gasteiger partial charge is 0.358 e. The van der Waals surface area contributed by atoms with Crippen molar-refractivity contribution in [3.05, 3.63) is 35.0 Å². The molecule has 1 aromatic heterocycles. The molecule has 1 fully saturated rings. The number of benzene rings is 1. The molecule has 1 heterocycles. The van der Waals surface area contributed by atoms with Crippen LogP contribution in [0.25, 0.3) is 11.3 Å². The van der Waals surface area contributed by atoms with E-state index in [4.69, 9.17) is 14.4 Å². The second-order valence-corrected chi connectivity index (χ2v) is 5.95. The van der Waals surface area contributed by atoms with Crippen molar-refractivity contribution in [2.45, 2.75) is 33.1 Å². The Morgan fingerprint density at radius 3 is 2.73 bits per heavy atom. The number of carbonyl (C=O) groups is 1. The van der Waals surface area contributed by atoms with Crippen LogP contribution in [0.2, 0.25) is 0 Å². The highest BCUT2D eigenvalue weighted by Gasteiger charge is 2.21. The molecule has 3 rings (SSSR count). The number of carboxylic acids is 1. The monoisotopic (exact) mass is 301 g/mol. The molecule has 116 valence electrons. The van der Waals surface area contributed by atoms with Crippen molar-refractivity contribution in [2.75, 3.05) is 6.61 Å². The quantitative estimate of drug-likeness (QED) is 0.908. The fourth-order valence-electron chi connectivity index (χ4n) is 2.69. The van der Waals surface area contributed by atoms with Crippen LogP contribution < -0.4 is 4.74 Å². The van der Waals surface area contributed by atoms with Gasteiger partial charge in [0.1, 0.15) is 5.75 Å².